The van der Waals surface area contributed by atoms with Crippen LogP contribution < -0.4 is 0 Å². The van der Waals surface area contributed by atoms with Crippen LogP contribution in [0.2, 0.25) is 0 Å². The van der Waals surface area contributed by atoms with Crippen LogP contribution >= 0.6 is 0 Å². The number of hydrogen-bond donors (Lipinski definition) is 0. The van der Waals surface area contributed by atoms with Gasteiger partial charge in [0.05, 0.1) is 0 Å². The number of halogens is 1. The Morgan fingerprint density at radius 3 is 2.11 bits per heavy atom. The van der Waals surface area contributed by atoms with Crippen molar-refractivity contribution in [1.29, 1.82) is 0 Å². The summed E-state index contributed by atoms with van der Waals surface area (Å²) in [6.45, 7) is 18.3. The van der Waals surface area contributed by atoms with Crippen LogP contribution in [-0.4, -0.2) is 6.17 Å². The monoisotopic (exact) mass is 254 g/mol. The van der Waals surface area contributed by atoms with Crippen LogP contribution in [-0.2, 0) is 0 Å². The van der Waals surface area contributed by atoms with Crippen molar-refractivity contribution in [2.75, 3.05) is 0 Å². The van der Waals surface area contributed by atoms with Crippen molar-refractivity contribution < 1.29 is 4.39 Å². The first kappa shape index (κ1) is 17.4. The Labute approximate surface area is 113 Å². The minimum Gasteiger partial charge on any atom is -0.247 e. The molecule has 0 radical (unpaired) electrons. The lowest BCUT2D eigenvalue weighted by Crippen LogP contribution is -2.27. The number of rotatable bonds is 9. The first-order valence-corrected chi connectivity index (χ1v) is 7.30. The van der Waals surface area contributed by atoms with Crippen LogP contribution in [0.25, 0.3) is 0 Å². The lowest BCUT2D eigenvalue weighted by atomic mass is 9.77. The van der Waals surface area contributed by atoms with Gasteiger partial charge in [0.2, 0.25) is 0 Å². The van der Waals surface area contributed by atoms with E-state index in [1.807, 2.05) is 19.9 Å². The molecule has 0 aromatic heterocycles. The SMILES string of the molecule is C=CC(C)C(CC(CC)C(F)C(C)CC)C(=C)C. The van der Waals surface area contributed by atoms with Gasteiger partial charge in [0.15, 0.2) is 0 Å². The fraction of sp³-hybridized carbons (Fsp3) is 0.765. The summed E-state index contributed by atoms with van der Waals surface area (Å²) in [5, 5.41) is 0. The summed E-state index contributed by atoms with van der Waals surface area (Å²) in [7, 11) is 0. The molecule has 0 aliphatic heterocycles. The zero-order chi connectivity index (χ0) is 14.3. The first-order valence-electron chi connectivity index (χ1n) is 7.30. The van der Waals surface area contributed by atoms with Gasteiger partial charge >= 0.3 is 0 Å². The number of alkyl halides is 1. The Morgan fingerprint density at radius 1 is 1.22 bits per heavy atom. The van der Waals surface area contributed by atoms with E-state index in [2.05, 4.69) is 33.9 Å². The molecule has 0 fully saturated rings. The predicted octanol–water partition coefficient (Wildman–Crippen LogP) is 5.80. The highest BCUT2D eigenvalue weighted by Gasteiger charge is 2.28. The van der Waals surface area contributed by atoms with Gasteiger partial charge in [0.25, 0.3) is 0 Å². The van der Waals surface area contributed by atoms with Gasteiger partial charge in [-0.25, -0.2) is 4.39 Å². The largest absolute Gasteiger partial charge is 0.247 e. The van der Waals surface area contributed by atoms with Crippen molar-refractivity contribution >= 4 is 0 Å². The molecule has 0 N–H and O–H groups in total. The lowest BCUT2D eigenvalue weighted by Gasteiger charge is -2.30. The molecule has 0 heterocycles. The zero-order valence-electron chi connectivity index (χ0n) is 12.9. The summed E-state index contributed by atoms with van der Waals surface area (Å²) in [4.78, 5) is 0. The van der Waals surface area contributed by atoms with E-state index in [0.29, 0.717) is 11.8 Å². The van der Waals surface area contributed by atoms with E-state index >= 15 is 0 Å². The molecule has 5 atom stereocenters. The fourth-order valence-electron chi connectivity index (χ4n) is 2.57. The molecule has 0 bridgehead atoms. The molecule has 0 spiro atoms. The third kappa shape index (κ3) is 4.96. The van der Waals surface area contributed by atoms with Gasteiger partial charge in [-0.15, -0.1) is 6.58 Å². The molecule has 0 saturated heterocycles. The van der Waals surface area contributed by atoms with E-state index in [-0.39, 0.29) is 11.8 Å². The van der Waals surface area contributed by atoms with Gasteiger partial charge in [0, 0.05) is 0 Å². The summed E-state index contributed by atoms with van der Waals surface area (Å²) in [6, 6.07) is 0. The van der Waals surface area contributed by atoms with Crippen LogP contribution in [0.5, 0.6) is 0 Å². The Morgan fingerprint density at radius 2 is 1.78 bits per heavy atom. The van der Waals surface area contributed by atoms with Gasteiger partial charge in [-0.2, -0.15) is 0 Å². The second-order valence-corrected chi connectivity index (χ2v) is 5.78. The van der Waals surface area contributed by atoms with Gasteiger partial charge < -0.3 is 0 Å². The smallest absolute Gasteiger partial charge is 0.105 e. The third-order valence-corrected chi connectivity index (χ3v) is 4.36. The topological polar surface area (TPSA) is 0 Å². The highest BCUT2D eigenvalue weighted by Crippen LogP contribution is 2.33. The third-order valence-electron chi connectivity index (χ3n) is 4.36. The Kier molecular flexibility index (Phi) is 8.22. The van der Waals surface area contributed by atoms with Crippen molar-refractivity contribution in [3.8, 4) is 0 Å². The van der Waals surface area contributed by atoms with Gasteiger partial charge in [-0.05, 0) is 37.0 Å². The summed E-state index contributed by atoms with van der Waals surface area (Å²) in [5.41, 5.74) is 1.15. The fourth-order valence-corrected chi connectivity index (χ4v) is 2.57. The van der Waals surface area contributed by atoms with E-state index in [9.17, 15) is 4.39 Å². The highest BCUT2D eigenvalue weighted by molar-refractivity contribution is 5.03. The van der Waals surface area contributed by atoms with E-state index in [4.69, 9.17) is 0 Å². The van der Waals surface area contributed by atoms with E-state index in [1.54, 1.807) is 0 Å². The van der Waals surface area contributed by atoms with E-state index in [0.717, 1.165) is 24.8 Å². The molecule has 0 aromatic carbocycles. The Bertz CT molecular complexity index is 256. The van der Waals surface area contributed by atoms with Crippen LogP contribution in [0.1, 0.15) is 53.9 Å². The quantitative estimate of drug-likeness (QED) is 0.456. The Balaban J connectivity index is 4.76. The molecule has 0 amide bonds. The molecule has 18 heavy (non-hydrogen) atoms. The molecule has 1 heteroatoms. The van der Waals surface area contributed by atoms with Crippen molar-refractivity contribution in [2.45, 2.75) is 60.1 Å². The predicted molar refractivity (Wildman–Crippen MR) is 80.4 cm³/mol. The molecule has 5 unspecified atom stereocenters. The highest BCUT2D eigenvalue weighted by atomic mass is 19.1. The number of hydrogen-bond acceptors (Lipinski definition) is 0. The van der Waals surface area contributed by atoms with Crippen LogP contribution in [0.3, 0.4) is 0 Å². The van der Waals surface area contributed by atoms with E-state index in [1.165, 1.54) is 0 Å². The lowest BCUT2D eigenvalue weighted by molar-refractivity contribution is 0.130. The van der Waals surface area contributed by atoms with Crippen molar-refractivity contribution in [1.82, 2.24) is 0 Å². The maximum absolute atomic E-state index is 14.4. The second-order valence-electron chi connectivity index (χ2n) is 5.78. The summed E-state index contributed by atoms with van der Waals surface area (Å²) in [5.74, 6) is 1.03. The molecule has 0 aliphatic rings. The maximum atomic E-state index is 14.4. The van der Waals surface area contributed by atoms with Crippen molar-refractivity contribution in [2.24, 2.45) is 23.7 Å². The molecule has 0 rings (SSSR count). The minimum atomic E-state index is -0.695. The van der Waals surface area contributed by atoms with Gasteiger partial charge in [-0.1, -0.05) is 58.8 Å². The molecule has 0 aromatic rings. The number of allylic oxidation sites excluding steroid dienone is 2. The van der Waals surface area contributed by atoms with Gasteiger partial charge in [-0.3, -0.25) is 0 Å². The standard InChI is InChI=1S/C17H31F/c1-8-13(6)16(12(4)5)11-15(10-3)17(18)14(7)9-2/h8,13-17H,1,4,9-11H2,2-3,5-7H3. The molecule has 106 valence electrons. The van der Waals surface area contributed by atoms with Crippen molar-refractivity contribution in [3.05, 3.63) is 24.8 Å². The van der Waals surface area contributed by atoms with Crippen LogP contribution in [0, 0.1) is 23.7 Å². The second kappa shape index (κ2) is 8.50. The average molecular weight is 254 g/mol. The summed E-state index contributed by atoms with van der Waals surface area (Å²) in [6.07, 6.45) is 3.97. The molecule has 0 aliphatic carbocycles. The normalized spacial score (nSPS) is 19.7. The molecule has 0 nitrogen and oxygen atoms in total. The maximum Gasteiger partial charge on any atom is 0.105 e. The summed E-state index contributed by atoms with van der Waals surface area (Å²) < 4.78 is 14.4. The minimum absolute atomic E-state index is 0.143. The van der Waals surface area contributed by atoms with Crippen molar-refractivity contribution in [3.63, 3.8) is 0 Å². The Hall–Kier alpha value is -0.590. The first-order chi connectivity index (χ1) is 8.38. The zero-order valence-corrected chi connectivity index (χ0v) is 12.9. The van der Waals surface area contributed by atoms with Crippen LogP contribution in [0.4, 0.5) is 4.39 Å². The van der Waals surface area contributed by atoms with E-state index < -0.39 is 6.17 Å². The molecule has 0 saturated carbocycles. The summed E-state index contributed by atoms with van der Waals surface area (Å²) >= 11 is 0. The molecular weight excluding hydrogens is 223 g/mol. The van der Waals surface area contributed by atoms with Crippen LogP contribution in [0.15, 0.2) is 24.8 Å². The average Bonchev–Trinajstić information content (AvgIpc) is 2.37. The van der Waals surface area contributed by atoms with Gasteiger partial charge in [0.1, 0.15) is 6.17 Å². The molecular formula is C17H31F.